The molecular weight excluding hydrogens is 488 g/mol. The molecule has 3 aromatic carbocycles. The third kappa shape index (κ3) is 8.55. The molecule has 9 heteroatoms. The summed E-state index contributed by atoms with van der Waals surface area (Å²) in [5.41, 5.74) is 3.36. The van der Waals surface area contributed by atoms with Crippen LogP contribution in [0.25, 0.3) is 0 Å². The van der Waals surface area contributed by atoms with Gasteiger partial charge in [-0.05, 0) is 79.9 Å². The second-order valence-electron chi connectivity index (χ2n) is 8.55. The molecule has 0 heterocycles. The molecule has 0 saturated heterocycles. The minimum atomic E-state index is -0.571. The molecular formula is C29H32N2O7. The predicted molar refractivity (Wildman–Crippen MR) is 144 cm³/mol. The van der Waals surface area contributed by atoms with E-state index in [1.807, 2.05) is 32.0 Å². The maximum absolute atomic E-state index is 12.2. The Labute approximate surface area is 222 Å². The molecule has 200 valence electrons. The first-order chi connectivity index (χ1) is 18.3. The summed E-state index contributed by atoms with van der Waals surface area (Å²) >= 11 is 0. The molecule has 0 aliphatic carbocycles. The van der Waals surface area contributed by atoms with Crippen LogP contribution in [-0.2, 0) is 19.1 Å². The van der Waals surface area contributed by atoms with Gasteiger partial charge in [-0.1, -0.05) is 6.07 Å². The molecule has 2 N–H and O–H groups in total. The molecule has 0 aliphatic rings. The van der Waals surface area contributed by atoms with Crippen molar-refractivity contribution in [3.8, 4) is 23.0 Å². The monoisotopic (exact) mass is 520 g/mol. The zero-order valence-electron chi connectivity index (χ0n) is 22.0. The largest absolute Gasteiger partial charge is 0.497 e. The van der Waals surface area contributed by atoms with Crippen molar-refractivity contribution in [2.24, 2.45) is 0 Å². The van der Waals surface area contributed by atoms with E-state index in [2.05, 4.69) is 10.6 Å². The number of carbonyl (C=O) groups excluding carboxylic acids is 3. The Morgan fingerprint density at radius 1 is 0.711 bits per heavy atom. The van der Waals surface area contributed by atoms with Crippen molar-refractivity contribution >= 4 is 29.2 Å². The topological polar surface area (TPSA) is 112 Å². The smallest absolute Gasteiger partial charge is 0.306 e. The fraction of sp³-hybridized carbons (Fsp3) is 0.276. The van der Waals surface area contributed by atoms with Gasteiger partial charge in [0, 0.05) is 24.6 Å². The molecule has 3 rings (SSSR count). The van der Waals surface area contributed by atoms with Crippen molar-refractivity contribution in [3.05, 3.63) is 71.8 Å². The lowest BCUT2D eigenvalue weighted by Crippen LogP contribution is -2.21. The molecule has 0 saturated carbocycles. The summed E-state index contributed by atoms with van der Waals surface area (Å²) in [4.78, 5) is 36.4. The van der Waals surface area contributed by atoms with Gasteiger partial charge in [0.2, 0.25) is 5.91 Å². The number of esters is 1. The van der Waals surface area contributed by atoms with Crippen LogP contribution in [0.3, 0.4) is 0 Å². The van der Waals surface area contributed by atoms with E-state index < -0.39 is 18.5 Å². The molecule has 0 spiro atoms. The molecule has 0 bridgehead atoms. The number of nitrogens with one attached hydrogen (secondary N) is 2. The average molecular weight is 521 g/mol. The highest BCUT2D eigenvalue weighted by Gasteiger charge is 2.13. The van der Waals surface area contributed by atoms with E-state index in [1.54, 1.807) is 42.5 Å². The lowest BCUT2D eigenvalue weighted by atomic mass is 10.1. The summed E-state index contributed by atoms with van der Waals surface area (Å²) in [6, 6.07) is 17.9. The van der Waals surface area contributed by atoms with Crippen LogP contribution in [-0.4, -0.2) is 38.6 Å². The van der Waals surface area contributed by atoms with Gasteiger partial charge in [-0.3, -0.25) is 14.4 Å². The number of amides is 2. The van der Waals surface area contributed by atoms with E-state index in [1.165, 1.54) is 19.8 Å². The van der Waals surface area contributed by atoms with Crippen molar-refractivity contribution in [2.75, 3.05) is 31.5 Å². The quantitative estimate of drug-likeness (QED) is 0.307. The van der Waals surface area contributed by atoms with Gasteiger partial charge in [0.15, 0.2) is 6.61 Å². The van der Waals surface area contributed by atoms with Gasteiger partial charge in [0.25, 0.3) is 5.91 Å². The maximum atomic E-state index is 12.2. The van der Waals surface area contributed by atoms with Gasteiger partial charge in [-0.25, -0.2) is 0 Å². The molecule has 2 amide bonds. The van der Waals surface area contributed by atoms with Gasteiger partial charge in [-0.2, -0.15) is 0 Å². The van der Waals surface area contributed by atoms with Crippen LogP contribution in [0.4, 0.5) is 11.4 Å². The van der Waals surface area contributed by atoms with E-state index in [4.69, 9.17) is 18.9 Å². The number of hydrogen-bond donors (Lipinski definition) is 2. The number of benzene rings is 3. The van der Waals surface area contributed by atoms with Crippen molar-refractivity contribution in [2.45, 2.75) is 33.1 Å². The molecule has 9 nitrogen and oxygen atoms in total. The lowest BCUT2D eigenvalue weighted by molar-refractivity contribution is -0.147. The van der Waals surface area contributed by atoms with Gasteiger partial charge in [0.05, 0.1) is 19.9 Å². The Kier molecular flexibility index (Phi) is 10.1. The normalized spacial score (nSPS) is 10.3. The fourth-order valence-corrected chi connectivity index (χ4v) is 3.45. The second kappa shape index (κ2) is 13.7. The third-order valence-corrected chi connectivity index (χ3v) is 5.68. The van der Waals surface area contributed by atoms with Crippen LogP contribution in [0.2, 0.25) is 0 Å². The number of carbonyl (C=O) groups is 3. The second-order valence-corrected chi connectivity index (χ2v) is 8.55. The van der Waals surface area contributed by atoms with E-state index >= 15 is 0 Å². The highest BCUT2D eigenvalue weighted by molar-refractivity contribution is 5.94. The van der Waals surface area contributed by atoms with Crippen molar-refractivity contribution in [1.82, 2.24) is 0 Å². The van der Waals surface area contributed by atoms with Crippen LogP contribution in [0.1, 0.15) is 30.4 Å². The molecule has 0 unspecified atom stereocenters. The number of rotatable bonds is 12. The minimum Gasteiger partial charge on any atom is -0.497 e. The number of anilines is 2. The fourth-order valence-electron chi connectivity index (χ4n) is 3.45. The van der Waals surface area contributed by atoms with E-state index in [0.29, 0.717) is 28.6 Å². The molecule has 0 aromatic heterocycles. The Hall–Kier alpha value is -4.53. The minimum absolute atomic E-state index is 0.00588. The van der Waals surface area contributed by atoms with Gasteiger partial charge < -0.3 is 29.6 Å². The number of ether oxygens (including phenoxy) is 4. The van der Waals surface area contributed by atoms with E-state index in [9.17, 15) is 14.4 Å². The highest BCUT2D eigenvalue weighted by Crippen LogP contribution is 2.29. The Balaban J connectivity index is 1.36. The zero-order valence-corrected chi connectivity index (χ0v) is 22.0. The summed E-state index contributed by atoms with van der Waals surface area (Å²) in [5.74, 6) is 1.06. The Bertz CT molecular complexity index is 1270. The zero-order chi connectivity index (χ0) is 27.5. The number of methoxy groups -OCH3 is 2. The van der Waals surface area contributed by atoms with Crippen molar-refractivity contribution < 1.29 is 33.3 Å². The summed E-state index contributed by atoms with van der Waals surface area (Å²) in [6.07, 6.45) is 0.416. The molecule has 0 atom stereocenters. The molecule has 38 heavy (non-hydrogen) atoms. The van der Waals surface area contributed by atoms with Crippen molar-refractivity contribution in [3.63, 3.8) is 0 Å². The predicted octanol–water partition coefficient (Wildman–Crippen LogP) is 5.40. The Morgan fingerprint density at radius 2 is 1.42 bits per heavy atom. The van der Waals surface area contributed by atoms with Gasteiger partial charge in [-0.15, -0.1) is 0 Å². The summed E-state index contributed by atoms with van der Waals surface area (Å²) in [6.45, 7) is 3.61. The van der Waals surface area contributed by atoms with E-state index in [-0.39, 0.29) is 25.2 Å². The van der Waals surface area contributed by atoms with Crippen molar-refractivity contribution in [1.29, 1.82) is 0 Å². The van der Waals surface area contributed by atoms with E-state index in [0.717, 1.165) is 11.3 Å². The maximum Gasteiger partial charge on any atom is 0.306 e. The molecule has 3 aromatic rings. The SMILES string of the molecule is COc1ccc(OC)c(NC(=O)COC(=O)CCCC(=O)Nc2ccc(Oc3ccc(C)c(C)c3)cc2)c1. The third-order valence-electron chi connectivity index (χ3n) is 5.68. The average Bonchev–Trinajstić information content (AvgIpc) is 2.90. The van der Waals surface area contributed by atoms with Gasteiger partial charge >= 0.3 is 5.97 Å². The van der Waals surface area contributed by atoms with Crippen LogP contribution in [0, 0.1) is 13.8 Å². The Morgan fingerprint density at radius 3 is 2.11 bits per heavy atom. The highest BCUT2D eigenvalue weighted by atomic mass is 16.5. The van der Waals surface area contributed by atoms with Crippen LogP contribution in [0.5, 0.6) is 23.0 Å². The van der Waals surface area contributed by atoms with Crippen LogP contribution in [0.15, 0.2) is 60.7 Å². The first-order valence-corrected chi connectivity index (χ1v) is 12.1. The molecule has 0 radical (unpaired) electrons. The summed E-state index contributed by atoms with van der Waals surface area (Å²) in [7, 11) is 2.99. The molecule has 0 fully saturated rings. The van der Waals surface area contributed by atoms with Crippen LogP contribution >= 0.6 is 0 Å². The van der Waals surface area contributed by atoms with Crippen LogP contribution < -0.4 is 24.8 Å². The lowest BCUT2D eigenvalue weighted by Gasteiger charge is -2.12. The first kappa shape index (κ1) is 28.0. The first-order valence-electron chi connectivity index (χ1n) is 12.1. The summed E-state index contributed by atoms with van der Waals surface area (Å²) in [5, 5.41) is 5.41. The number of aryl methyl sites for hydroxylation is 2. The van der Waals surface area contributed by atoms with Gasteiger partial charge in [0.1, 0.15) is 23.0 Å². The standard InChI is InChI=1S/C29H32N2O7/c1-19-8-11-24(16-20(19)2)38-22-12-9-21(10-13-22)30-27(32)6-5-7-29(34)37-18-28(33)31-25-17-23(35-3)14-15-26(25)36-4/h8-17H,5-7,18H2,1-4H3,(H,30,32)(H,31,33). The summed E-state index contributed by atoms with van der Waals surface area (Å²) < 4.78 is 21.2. The molecule has 0 aliphatic heterocycles. The number of hydrogen-bond acceptors (Lipinski definition) is 7.